The number of aliphatic imine (C=N–C) groups is 1. The molecule has 2 rings (SSSR count). The lowest BCUT2D eigenvalue weighted by Crippen LogP contribution is -2.44. The molecular formula is C19H29N5. The Kier molecular flexibility index (Phi) is 6.41. The van der Waals surface area contributed by atoms with Gasteiger partial charge < -0.3 is 10.6 Å². The second-order valence-electron chi connectivity index (χ2n) is 6.56. The van der Waals surface area contributed by atoms with E-state index < -0.39 is 0 Å². The lowest BCUT2D eigenvalue weighted by atomic mass is 9.84. The minimum absolute atomic E-state index is 0.0336. The number of benzene rings is 1. The third-order valence-electron chi connectivity index (χ3n) is 4.26. The van der Waals surface area contributed by atoms with Crippen molar-refractivity contribution in [3.8, 4) is 0 Å². The summed E-state index contributed by atoms with van der Waals surface area (Å²) in [6.45, 7) is 9.10. The molecule has 1 heterocycles. The zero-order valence-corrected chi connectivity index (χ0v) is 15.2. The van der Waals surface area contributed by atoms with Crippen molar-refractivity contribution in [3.05, 3.63) is 53.9 Å². The standard InChI is InChI=1S/C19H29N5/c1-5-16-7-9-17(10-8-16)19(2,3)15-22-18(20-4)21-12-14-24-13-6-11-23-24/h6-11,13H,5,12,14-15H2,1-4H3,(H2,20,21,22). The second kappa shape index (κ2) is 8.52. The van der Waals surface area contributed by atoms with Gasteiger partial charge in [0.1, 0.15) is 0 Å². The van der Waals surface area contributed by atoms with E-state index in [0.717, 1.165) is 32.0 Å². The molecule has 1 aromatic carbocycles. The summed E-state index contributed by atoms with van der Waals surface area (Å²) >= 11 is 0. The molecule has 0 spiro atoms. The molecule has 24 heavy (non-hydrogen) atoms. The summed E-state index contributed by atoms with van der Waals surface area (Å²) < 4.78 is 1.90. The van der Waals surface area contributed by atoms with Crippen LogP contribution in [0.4, 0.5) is 0 Å². The molecule has 0 saturated carbocycles. The van der Waals surface area contributed by atoms with Gasteiger partial charge in [-0.3, -0.25) is 9.67 Å². The third kappa shape index (κ3) is 5.11. The largest absolute Gasteiger partial charge is 0.356 e. The van der Waals surface area contributed by atoms with Gasteiger partial charge in [-0.2, -0.15) is 5.10 Å². The predicted molar refractivity (Wildman–Crippen MR) is 100 cm³/mol. The van der Waals surface area contributed by atoms with E-state index in [1.165, 1.54) is 11.1 Å². The quantitative estimate of drug-likeness (QED) is 0.607. The van der Waals surface area contributed by atoms with Crippen molar-refractivity contribution in [2.75, 3.05) is 20.1 Å². The van der Waals surface area contributed by atoms with Crippen molar-refractivity contribution in [2.24, 2.45) is 4.99 Å². The van der Waals surface area contributed by atoms with Crippen LogP contribution in [0, 0.1) is 0 Å². The Labute approximate surface area is 145 Å². The van der Waals surface area contributed by atoms with E-state index >= 15 is 0 Å². The van der Waals surface area contributed by atoms with Gasteiger partial charge in [-0.1, -0.05) is 45.0 Å². The number of aryl methyl sites for hydroxylation is 1. The van der Waals surface area contributed by atoms with Gasteiger partial charge in [0.15, 0.2) is 5.96 Å². The molecule has 0 saturated heterocycles. The van der Waals surface area contributed by atoms with E-state index in [4.69, 9.17) is 0 Å². The van der Waals surface area contributed by atoms with Crippen LogP contribution in [0.5, 0.6) is 0 Å². The first-order valence-electron chi connectivity index (χ1n) is 8.56. The average molecular weight is 327 g/mol. The molecule has 0 atom stereocenters. The molecule has 2 aromatic rings. The molecular weight excluding hydrogens is 298 g/mol. The van der Waals surface area contributed by atoms with Gasteiger partial charge in [0.05, 0.1) is 6.54 Å². The molecule has 0 fully saturated rings. The van der Waals surface area contributed by atoms with Crippen LogP contribution in [-0.2, 0) is 18.4 Å². The van der Waals surface area contributed by atoms with Gasteiger partial charge in [0, 0.05) is 37.9 Å². The summed E-state index contributed by atoms with van der Waals surface area (Å²) in [5, 5.41) is 10.9. The Morgan fingerprint density at radius 1 is 1.21 bits per heavy atom. The van der Waals surface area contributed by atoms with Crippen LogP contribution in [-0.4, -0.2) is 35.9 Å². The normalized spacial score (nSPS) is 12.2. The molecule has 0 bridgehead atoms. The summed E-state index contributed by atoms with van der Waals surface area (Å²) in [6, 6.07) is 10.8. The SMILES string of the molecule is CCc1ccc(C(C)(C)CNC(=NC)NCCn2cccn2)cc1. The lowest BCUT2D eigenvalue weighted by molar-refractivity contribution is 0.506. The minimum atomic E-state index is 0.0336. The second-order valence-corrected chi connectivity index (χ2v) is 6.56. The Morgan fingerprint density at radius 3 is 2.54 bits per heavy atom. The smallest absolute Gasteiger partial charge is 0.191 e. The highest BCUT2D eigenvalue weighted by Gasteiger charge is 2.20. The number of nitrogens with one attached hydrogen (secondary N) is 2. The molecule has 1 aromatic heterocycles. The minimum Gasteiger partial charge on any atom is -0.356 e. The molecule has 5 nitrogen and oxygen atoms in total. The van der Waals surface area contributed by atoms with Crippen molar-refractivity contribution in [2.45, 2.75) is 39.2 Å². The Balaban J connectivity index is 1.84. The maximum Gasteiger partial charge on any atom is 0.191 e. The molecule has 0 aliphatic heterocycles. The van der Waals surface area contributed by atoms with Crippen molar-refractivity contribution in [1.82, 2.24) is 20.4 Å². The van der Waals surface area contributed by atoms with Crippen molar-refractivity contribution in [3.63, 3.8) is 0 Å². The maximum absolute atomic E-state index is 4.30. The highest BCUT2D eigenvalue weighted by Crippen LogP contribution is 2.22. The van der Waals surface area contributed by atoms with Crippen LogP contribution >= 0.6 is 0 Å². The van der Waals surface area contributed by atoms with E-state index in [1.54, 1.807) is 13.2 Å². The first-order chi connectivity index (χ1) is 11.5. The molecule has 0 aliphatic rings. The van der Waals surface area contributed by atoms with Gasteiger partial charge in [0.2, 0.25) is 0 Å². The van der Waals surface area contributed by atoms with Crippen molar-refractivity contribution in [1.29, 1.82) is 0 Å². The average Bonchev–Trinajstić information content (AvgIpc) is 3.11. The van der Waals surface area contributed by atoms with E-state index in [-0.39, 0.29) is 5.41 Å². The number of hydrogen-bond acceptors (Lipinski definition) is 2. The van der Waals surface area contributed by atoms with Gasteiger partial charge in [0.25, 0.3) is 0 Å². The van der Waals surface area contributed by atoms with Crippen LogP contribution in [0.1, 0.15) is 31.9 Å². The fourth-order valence-electron chi connectivity index (χ4n) is 2.54. The number of guanidine groups is 1. The van der Waals surface area contributed by atoms with Crippen LogP contribution in [0.3, 0.4) is 0 Å². The van der Waals surface area contributed by atoms with E-state index in [9.17, 15) is 0 Å². The maximum atomic E-state index is 4.30. The molecule has 2 N–H and O–H groups in total. The fourth-order valence-corrected chi connectivity index (χ4v) is 2.54. The Morgan fingerprint density at radius 2 is 1.96 bits per heavy atom. The Hall–Kier alpha value is -2.30. The fraction of sp³-hybridized carbons (Fsp3) is 0.474. The first kappa shape index (κ1) is 18.0. The summed E-state index contributed by atoms with van der Waals surface area (Å²) in [7, 11) is 1.80. The monoisotopic (exact) mass is 327 g/mol. The van der Waals surface area contributed by atoms with Crippen LogP contribution in [0.15, 0.2) is 47.7 Å². The summed E-state index contributed by atoms with van der Waals surface area (Å²) in [5.74, 6) is 0.820. The highest BCUT2D eigenvalue weighted by atomic mass is 15.3. The number of rotatable bonds is 7. The van der Waals surface area contributed by atoms with E-state index in [1.807, 2.05) is 16.9 Å². The molecule has 0 aliphatic carbocycles. The van der Waals surface area contributed by atoms with Crippen molar-refractivity contribution >= 4 is 5.96 Å². The molecule has 5 heteroatoms. The highest BCUT2D eigenvalue weighted by molar-refractivity contribution is 5.79. The van der Waals surface area contributed by atoms with E-state index in [2.05, 4.69) is 65.8 Å². The van der Waals surface area contributed by atoms with E-state index in [0.29, 0.717) is 0 Å². The Bertz CT molecular complexity index is 626. The topological polar surface area (TPSA) is 54.2 Å². The van der Waals surface area contributed by atoms with Gasteiger partial charge in [-0.25, -0.2) is 0 Å². The molecule has 0 amide bonds. The van der Waals surface area contributed by atoms with Crippen molar-refractivity contribution < 1.29 is 0 Å². The molecule has 0 unspecified atom stereocenters. The summed E-state index contributed by atoms with van der Waals surface area (Å²) in [4.78, 5) is 4.30. The van der Waals surface area contributed by atoms with Gasteiger partial charge >= 0.3 is 0 Å². The molecule has 130 valence electrons. The van der Waals surface area contributed by atoms with Crippen LogP contribution in [0.2, 0.25) is 0 Å². The summed E-state index contributed by atoms with van der Waals surface area (Å²) in [6.07, 6.45) is 4.83. The molecule has 0 radical (unpaired) electrons. The lowest BCUT2D eigenvalue weighted by Gasteiger charge is -2.27. The number of hydrogen-bond donors (Lipinski definition) is 2. The number of aromatic nitrogens is 2. The third-order valence-corrected chi connectivity index (χ3v) is 4.26. The zero-order chi connectivity index (χ0) is 17.4. The zero-order valence-electron chi connectivity index (χ0n) is 15.2. The van der Waals surface area contributed by atoms with Crippen LogP contribution < -0.4 is 10.6 Å². The first-order valence-corrected chi connectivity index (χ1v) is 8.56. The van der Waals surface area contributed by atoms with Crippen LogP contribution in [0.25, 0.3) is 0 Å². The van der Waals surface area contributed by atoms with Gasteiger partial charge in [-0.15, -0.1) is 0 Å². The number of nitrogens with zero attached hydrogens (tertiary/aromatic N) is 3. The summed E-state index contributed by atoms with van der Waals surface area (Å²) in [5.41, 5.74) is 2.74. The van der Waals surface area contributed by atoms with Gasteiger partial charge in [-0.05, 0) is 23.6 Å². The predicted octanol–water partition coefficient (Wildman–Crippen LogP) is 2.59.